The summed E-state index contributed by atoms with van der Waals surface area (Å²) in [6.45, 7) is 8.03. The maximum absolute atomic E-state index is 12.5. The Morgan fingerprint density at radius 2 is 1.76 bits per heavy atom. The normalized spacial score (nSPS) is 23.2. The molecule has 1 aliphatic heterocycles. The summed E-state index contributed by atoms with van der Waals surface area (Å²) in [5.41, 5.74) is 0.635. The van der Waals surface area contributed by atoms with Crippen molar-refractivity contribution >= 4 is 23.4 Å². The van der Waals surface area contributed by atoms with E-state index >= 15 is 0 Å². The average molecular weight is 309 g/mol. The monoisotopic (exact) mass is 308 g/mol. The summed E-state index contributed by atoms with van der Waals surface area (Å²) in [4.78, 5) is 26.5. The fourth-order valence-corrected chi connectivity index (χ4v) is 2.81. The van der Waals surface area contributed by atoms with E-state index in [4.69, 9.17) is 11.6 Å². The van der Waals surface area contributed by atoms with Crippen molar-refractivity contribution in [1.29, 1.82) is 0 Å². The largest absolute Gasteiger partial charge is 0.343 e. The number of hydrogen-bond acceptors (Lipinski definition) is 2. The Hall–Kier alpha value is -1.55. The summed E-state index contributed by atoms with van der Waals surface area (Å²) < 4.78 is 0. The number of nitrogens with one attached hydrogen (secondary N) is 1. The molecule has 1 N–H and O–H groups in total. The molecule has 2 atom stereocenters. The molecule has 2 unspecified atom stereocenters. The average Bonchev–Trinajstić information content (AvgIpc) is 2.36. The van der Waals surface area contributed by atoms with Gasteiger partial charge in [0.1, 0.15) is 12.1 Å². The quantitative estimate of drug-likeness (QED) is 0.913. The highest BCUT2D eigenvalue weighted by atomic mass is 35.5. The predicted octanol–water partition coefficient (Wildman–Crippen LogP) is 2.60. The van der Waals surface area contributed by atoms with Crippen LogP contribution in [0.5, 0.6) is 0 Å². The molecular formula is C16H21ClN2O2. The van der Waals surface area contributed by atoms with Crippen molar-refractivity contribution in [3.8, 4) is 0 Å². The third-order valence-electron chi connectivity index (χ3n) is 3.66. The van der Waals surface area contributed by atoms with Crippen molar-refractivity contribution in [2.24, 2.45) is 5.41 Å². The number of hydrogen-bond donors (Lipinski definition) is 1. The lowest BCUT2D eigenvalue weighted by Gasteiger charge is -2.44. The van der Waals surface area contributed by atoms with Gasteiger partial charge in [-0.1, -0.05) is 44.5 Å². The van der Waals surface area contributed by atoms with Crippen LogP contribution >= 0.6 is 11.6 Å². The fraction of sp³-hybridized carbons (Fsp3) is 0.500. The number of carbonyl (C=O) groups excluding carboxylic acids is 2. The molecule has 1 saturated heterocycles. The third-order valence-corrected chi connectivity index (χ3v) is 3.91. The molecule has 1 aromatic rings. The van der Waals surface area contributed by atoms with Crippen LogP contribution in [0, 0.1) is 5.41 Å². The van der Waals surface area contributed by atoms with Crippen molar-refractivity contribution < 1.29 is 9.59 Å². The highest BCUT2D eigenvalue weighted by molar-refractivity contribution is 6.30. The first kappa shape index (κ1) is 15.8. The van der Waals surface area contributed by atoms with Crippen LogP contribution in [0.15, 0.2) is 24.3 Å². The molecule has 114 valence electrons. The summed E-state index contributed by atoms with van der Waals surface area (Å²) >= 11 is 5.89. The Morgan fingerprint density at radius 3 is 2.29 bits per heavy atom. The summed E-state index contributed by atoms with van der Waals surface area (Å²) in [5.74, 6) is -0.145. The molecule has 0 radical (unpaired) electrons. The highest BCUT2D eigenvalue weighted by Crippen LogP contribution is 2.29. The standard InChI is InChI=1S/C16H21ClN2O2/c1-10-15(21)19(9-11-5-7-12(17)8-6-11)13(14(20)18-10)16(2,3)4/h5-8,10,13H,9H2,1-4H3,(H,18,20). The van der Waals surface area contributed by atoms with Gasteiger partial charge in [0.2, 0.25) is 11.8 Å². The van der Waals surface area contributed by atoms with Gasteiger partial charge < -0.3 is 10.2 Å². The van der Waals surface area contributed by atoms with Gasteiger partial charge in [0.15, 0.2) is 0 Å². The topological polar surface area (TPSA) is 49.4 Å². The van der Waals surface area contributed by atoms with Gasteiger partial charge in [0, 0.05) is 11.6 Å². The van der Waals surface area contributed by atoms with Crippen molar-refractivity contribution in [3.05, 3.63) is 34.9 Å². The minimum Gasteiger partial charge on any atom is -0.343 e. The van der Waals surface area contributed by atoms with Crippen LogP contribution in [0.2, 0.25) is 5.02 Å². The van der Waals surface area contributed by atoms with E-state index in [9.17, 15) is 9.59 Å². The van der Waals surface area contributed by atoms with E-state index in [0.29, 0.717) is 11.6 Å². The van der Waals surface area contributed by atoms with E-state index in [1.54, 1.807) is 24.0 Å². The van der Waals surface area contributed by atoms with Crippen LogP contribution in [-0.2, 0) is 16.1 Å². The zero-order chi connectivity index (χ0) is 15.8. The minimum absolute atomic E-state index is 0.0514. The van der Waals surface area contributed by atoms with Crippen molar-refractivity contribution in [2.45, 2.75) is 46.3 Å². The summed E-state index contributed by atoms with van der Waals surface area (Å²) in [6, 6.07) is 6.39. The molecule has 1 aromatic carbocycles. The van der Waals surface area contributed by atoms with Gasteiger partial charge in [-0.2, -0.15) is 0 Å². The molecule has 1 aliphatic rings. The number of piperazine rings is 1. The number of amides is 2. The molecule has 4 nitrogen and oxygen atoms in total. The molecule has 2 amide bonds. The third kappa shape index (κ3) is 3.38. The molecule has 0 aliphatic carbocycles. The lowest BCUT2D eigenvalue weighted by atomic mass is 9.83. The van der Waals surface area contributed by atoms with Gasteiger partial charge in [-0.15, -0.1) is 0 Å². The molecule has 1 fully saturated rings. The molecule has 21 heavy (non-hydrogen) atoms. The number of halogens is 1. The lowest BCUT2D eigenvalue weighted by molar-refractivity contribution is -0.154. The molecule has 0 spiro atoms. The fourth-order valence-electron chi connectivity index (χ4n) is 2.69. The molecule has 1 heterocycles. The summed E-state index contributed by atoms with van der Waals surface area (Å²) in [6.07, 6.45) is 0. The Bertz CT molecular complexity index is 548. The van der Waals surface area contributed by atoms with Gasteiger partial charge in [-0.25, -0.2) is 0 Å². The van der Waals surface area contributed by atoms with Gasteiger partial charge in [0.25, 0.3) is 0 Å². The molecule has 5 heteroatoms. The highest BCUT2D eigenvalue weighted by Gasteiger charge is 2.44. The van der Waals surface area contributed by atoms with E-state index in [1.165, 1.54) is 0 Å². The smallest absolute Gasteiger partial charge is 0.245 e. The first-order valence-corrected chi connectivity index (χ1v) is 7.43. The van der Waals surface area contributed by atoms with Gasteiger partial charge in [-0.3, -0.25) is 9.59 Å². The second kappa shape index (κ2) is 5.68. The van der Waals surface area contributed by atoms with E-state index < -0.39 is 12.1 Å². The molecule has 0 aromatic heterocycles. The van der Waals surface area contributed by atoms with Crippen LogP contribution in [0.25, 0.3) is 0 Å². The predicted molar refractivity (Wildman–Crippen MR) is 82.8 cm³/mol. The molecular weight excluding hydrogens is 288 g/mol. The first-order chi connectivity index (χ1) is 9.70. The first-order valence-electron chi connectivity index (χ1n) is 7.05. The summed E-state index contributed by atoms with van der Waals surface area (Å²) in [7, 11) is 0. The Kier molecular flexibility index (Phi) is 4.28. The zero-order valence-corrected chi connectivity index (χ0v) is 13.6. The van der Waals surface area contributed by atoms with Crippen molar-refractivity contribution in [1.82, 2.24) is 10.2 Å². The Morgan fingerprint density at radius 1 is 1.19 bits per heavy atom. The number of benzene rings is 1. The second-order valence-electron chi connectivity index (χ2n) is 6.59. The van der Waals surface area contributed by atoms with Gasteiger partial charge in [-0.05, 0) is 30.0 Å². The van der Waals surface area contributed by atoms with E-state index in [-0.39, 0.29) is 17.2 Å². The van der Waals surface area contributed by atoms with Crippen LogP contribution in [0.1, 0.15) is 33.3 Å². The van der Waals surface area contributed by atoms with Crippen molar-refractivity contribution in [3.63, 3.8) is 0 Å². The maximum atomic E-state index is 12.5. The number of carbonyl (C=O) groups is 2. The number of rotatable bonds is 2. The van der Waals surface area contributed by atoms with E-state index in [2.05, 4.69) is 5.32 Å². The lowest BCUT2D eigenvalue weighted by Crippen LogP contribution is -2.65. The van der Waals surface area contributed by atoms with Gasteiger partial charge in [0.05, 0.1) is 0 Å². The second-order valence-corrected chi connectivity index (χ2v) is 7.03. The SMILES string of the molecule is CC1NC(=O)C(C(C)(C)C)N(Cc2ccc(Cl)cc2)C1=O. The van der Waals surface area contributed by atoms with Crippen molar-refractivity contribution in [2.75, 3.05) is 0 Å². The van der Waals surface area contributed by atoms with Crippen LogP contribution < -0.4 is 5.32 Å². The molecule has 0 saturated carbocycles. The maximum Gasteiger partial charge on any atom is 0.245 e. The van der Waals surface area contributed by atoms with Crippen LogP contribution in [0.3, 0.4) is 0 Å². The molecule has 2 rings (SSSR count). The molecule has 0 bridgehead atoms. The van der Waals surface area contributed by atoms with E-state index in [1.807, 2.05) is 32.9 Å². The number of nitrogens with zero attached hydrogens (tertiary/aromatic N) is 1. The van der Waals surface area contributed by atoms with Crippen LogP contribution in [0.4, 0.5) is 0 Å². The van der Waals surface area contributed by atoms with E-state index in [0.717, 1.165) is 5.56 Å². The zero-order valence-electron chi connectivity index (χ0n) is 12.8. The summed E-state index contributed by atoms with van der Waals surface area (Å²) in [5, 5.41) is 3.41. The minimum atomic E-state index is -0.483. The van der Waals surface area contributed by atoms with Gasteiger partial charge >= 0.3 is 0 Å². The van der Waals surface area contributed by atoms with Crippen LogP contribution in [-0.4, -0.2) is 28.8 Å². The Balaban J connectivity index is 2.32. The Labute approximate surface area is 130 Å².